The molecule has 1 aliphatic carbocycles. The molecule has 0 heterocycles. The van der Waals surface area contributed by atoms with Crippen molar-refractivity contribution in [1.82, 2.24) is 0 Å². The Morgan fingerprint density at radius 2 is 1.91 bits per heavy atom. The van der Waals surface area contributed by atoms with Gasteiger partial charge in [-0.05, 0) is 30.2 Å². The van der Waals surface area contributed by atoms with Gasteiger partial charge in [-0.1, -0.05) is 68.2 Å². The first kappa shape index (κ1) is 17.0. The van der Waals surface area contributed by atoms with Gasteiger partial charge in [-0.15, -0.1) is 0 Å². The van der Waals surface area contributed by atoms with Crippen molar-refractivity contribution in [2.45, 2.75) is 39.4 Å². The standard InChI is InChI=1S/C19H28O2Si/c1-14-12-15(13-17(14)19(20)21-2)10-11-16-8-6-7-9-18(16)22(3,4)5/h6-11,14-15,17H,12-13H2,1-5H3/b11-10+. The number of ether oxygens (including phenoxy) is 1. The molecule has 1 saturated carbocycles. The molecular weight excluding hydrogens is 288 g/mol. The molecular formula is C19H28O2Si. The van der Waals surface area contributed by atoms with Crippen molar-refractivity contribution in [2.24, 2.45) is 17.8 Å². The molecule has 1 fully saturated rings. The summed E-state index contributed by atoms with van der Waals surface area (Å²) in [6.07, 6.45) is 6.56. The lowest BCUT2D eigenvalue weighted by molar-refractivity contribution is -0.146. The summed E-state index contributed by atoms with van der Waals surface area (Å²) >= 11 is 0. The van der Waals surface area contributed by atoms with Crippen molar-refractivity contribution in [3.05, 3.63) is 35.9 Å². The van der Waals surface area contributed by atoms with Gasteiger partial charge in [0, 0.05) is 0 Å². The molecule has 3 unspecified atom stereocenters. The van der Waals surface area contributed by atoms with E-state index in [4.69, 9.17) is 4.74 Å². The van der Waals surface area contributed by atoms with Gasteiger partial charge in [0.1, 0.15) is 0 Å². The Morgan fingerprint density at radius 1 is 1.23 bits per heavy atom. The molecule has 0 amide bonds. The van der Waals surface area contributed by atoms with Gasteiger partial charge in [-0.3, -0.25) is 4.79 Å². The van der Waals surface area contributed by atoms with Gasteiger partial charge in [0.2, 0.25) is 0 Å². The molecule has 1 aromatic rings. The number of methoxy groups -OCH3 is 1. The number of carbonyl (C=O) groups excluding carboxylic acids is 1. The Morgan fingerprint density at radius 3 is 2.55 bits per heavy atom. The summed E-state index contributed by atoms with van der Waals surface area (Å²) in [5.74, 6) is 0.904. The number of benzene rings is 1. The van der Waals surface area contributed by atoms with Crippen LogP contribution in [0.2, 0.25) is 19.6 Å². The fourth-order valence-electron chi connectivity index (χ4n) is 3.50. The van der Waals surface area contributed by atoms with Crippen molar-refractivity contribution < 1.29 is 9.53 Å². The minimum Gasteiger partial charge on any atom is -0.469 e. The van der Waals surface area contributed by atoms with E-state index >= 15 is 0 Å². The van der Waals surface area contributed by atoms with Crippen LogP contribution >= 0.6 is 0 Å². The quantitative estimate of drug-likeness (QED) is 0.618. The van der Waals surface area contributed by atoms with E-state index in [-0.39, 0.29) is 11.9 Å². The van der Waals surface area contributed by atoms with E-state index in [1.807, 2.05) is 0 Å². The third-order valence-electron chi connectivity index (χ3n) is 4.74. The molecule has 1 aromatic carbocycles. The van der Waals surface area contributed by atoms with Crippen molar-refractivity contribution in [1.29, 1.82) is 0 Å². The summed E-state index contributed by atoms with van der Waals surface area (Å²) in [5, 5.41) is 1.50. The van der Waals surface area contributed by atoms with Gasteiger partial charge in [0.05, 0.1) is 21.1 Å². The Hall–Kier alpha value is -1.35. The summed E-state index contributed by atoms with van der Waals surface area (Å²) in [4.78, 5) is 11.8. The van der Waals surface area contributed by atoms with Crippen molar-refractivity contribution in [2.75, 3.05) is 7.11 Å². The highest BCUT2D eigenvalue weighted by molar-refractivity contribution is 6.89. The van der Waals surface area contributed by atoms with Gasteiger partial charge in [0.25, 0.3) is 0 Å². The van der Waals surface area contributed by atoms with Crippen LogP contribution in [-0.4, -0.2) is 21.2 Å². The number of hydrogen-bond donors (Lipinski definition) is 0. The average Bonchev–Trinajstić information content (AvgIpc) is 2.85. The molecule has 0 bridgehead atoms. The maximum Gasteiger partial charge on any atom is 0.308 e. The topological polar surface area (TPSA) is 26.3 Å². The predicted molar refractivity (Wildman–Crippen MR) is 95.9 cm³/mol. The molecule has 0 aromatic heterocycles. The van der Waals surface area contributed by atoms with Crippen LogP contribution in [0.3, 0.4) is 0 Å². The van der Waals surface area contributed by atoms with Crippen molar-refractivity contribution in [3.8, 4) is 0 Å². The van der Waals surface area contributed by atoms with Crippen LogP contribution in [0, 0.1) is 17.8 Å². The van der Waals surface area contributed by atoms with Crippen LogP contribution in [-0.2, 0) is 9.53 Å². The van der Waals surface area contributed by atoms with Crippen LogP contribution in [0.25, 0.3) is 6.08 Å². The van der Waals surface area contributed by atoms with E-state index in [0.29, 0.717) is 11.8 Å². The third-order valence-corrected chi connectivity index (χ3v) is 6.81. The number of esters is 1. The van der Waals surface area contributed by atoms with Gasteiger partial charge < -0.3 is 4.74 Å². The molecule has 3 atom stereocenters. The monoisotopic (exact) mass is 316 g/mol. The maximum atomic E-state index is 11.8. The van der Waals surface area contributed by atoms with E-state index < -0.39 is 8.07 Å². The number of rotatable bonds is 4. The highest BCUT2D eigenvalue weighted by atomic mass is 28.3. The fourth-order valence-corrected chi connectivity index (χ4v) is 5.13. The summed E-state index contributed by atoms with van der Waals surface area (Å²) < 4.78 is 4.92. The minimum absolute atomic E-state index is 0.0501. The largest absolute Gasteiger partial charge is 0.469 e. The molecule has 0 saturated heterocycles. The molecule has 0 aliphatic heterocycles. The molecule has 120 valence electrons. The van der Waals surface area contributed by atoms with E-state index in [1.165, 1.54) is 17.9 Å². The van der Waals surface area contributed by atoms with Crippen molar-refractivity contribution >= 4 is 25.3 Å². The van der Waals surface area contributed by atoms with E-state index in [1.54, 1.807) is 0 Å². The Kier molecular flexibility index (Phi) is 5.27. The third kappa shape index (κ3) is 3.89. The molecule has 0 N–H and O–H groups in total. The van der Waals surface area contributed by atoms with E-state index in [0.717, 1.165) is 12.8 Å². The van der Waals surface area contributed by atoms with Crippen LogP contribution in [0.4, 0.5) is 0 Å². The predicted octanol–water partition coefficient (Wildman–Crippen LogP) is 4.08. The zero-order valence-corrected chi connectivity index (χ0v) is 15.4. The fraction of sp³-hybridized carbons (Fsp3) is 0.526. The Bertz CT molecular complexity index is 557. The first-order chi connectivity index (χ1) is 10.3. The zero-order valence-electron chi connectivity index (χ0n) is 14.4. The molecule has 3 heteroatoms. The maximum absolute atomic E-state index is 11.8. The Labute approximate surface area is 135 Å². The second-order valence-corrected chi connectivity index (χ2v) is 12.6. The average molecular weight is 317 g/mol. The zero-order chi connectivity index (χ0) is 16.3. The summed E-state index contributed by atoms with van der Waals surface area (Å²) in [6.45, 7) is 9.30. The second-order valence-electron chi connectivity index (χ2n) is 7.53. The van der Waals surface area contributed by atoms with E-state index in [9.17, 15) is 4.79 Å². The van der Waals surface area contributed by atoms with Gasteiger partial charge in [0.15, 0.2) is 0 Å². The molecule has 0 spiro atoms. The first-order valence-electron chi connectivity index (χ1n) is 8.18. The van der Waals surface area contributed by atoms with Crippen molar-refractivity contribution in [3.63, 3.8) is 0 Å². The number of allylic oxidation sites excluding steroid dienone is 1. The molecule has 22 heavy (non-hydrogen) atoms. The van der Waals surface area contributed by atoms with Gasteiger partial charge in [-0.2, -0.15) is 0 Å². The number of hydrogen-bond acceptors (Lipinski definition) is 2. The molecule has 1 aliphatic rings. The number of carbonyl (C=O) groups is 1. The van der Waals surface area contributed by atoms with Gasteiger partial charge in [-0.25, -0.2) is 0 Å². The van der Waals surface area contributed by atoms with Crippen LogP contribution in [0.1, 0.15) is 25.3 Å². The molecule has 2 rings (SSSR count). The highest BCUT2D eigenvalue weighted by Gasteiger charge is 2.35. The second kappa shape index (κ2) is 6.82. The summed E-state index contributed by atoms with van der Waals surface area (Å²) in [7, 11) is 0.158. The summed E-state index contributed by atoms with van der Waals surface area (Å²) in [6, 6.07) is 8.72. The van der Waals surface area contributed by atoms with Crippen LogP contribution < -0.4 is 5.19 Å². The Balaban J connectivity index is 2.13. The lowest BCUT2D eigenvalue weighted by atomic mass is 9.99. The lowest BCUT2D eigenvalue weighted by Gasteiger charge is -2.19. The van der Waals surface area contributed by atoms with Crippen LogP contribution in [0.15, 0.2) is 30.3 Å². The highest BCUT2D eigenvalue weighted by Crippen LogP contribution is 2.37. The normalized spacial score (nSPS) is 25.6. The first-order valence-corrected chi connectivity index (χ1v) is 11.7. The summed E-state index contributed by atoms with van der Waals surface area (Å²) in [5.41, 5.74) is 1.34. The smallest absolute Gasteiger partial charge is 0.308 e. The van der Waals surface area contributed by atoms with Crippen LogP contribution in [0.5, 0.6) is 0 Å². The molecule has 2 nitrogen and oxygen atoms in total. The lowest BCUT2D eigenvalue weighted by Crippen LogP contribution is -2.39. The SMILES string of the molecule is COC(=O)C1CC(/C=C/c2ccccc2[Si](C)(C)C)CC1C. The molecule has 0 radical (unpaired) electrons. The van der Waals surface area contributed by atoms with Gasteiger partial charge >= 0.3 is 5.97 Å². The minimum atomic E-state index is -1.33. The van der Waals surface area contributed by atoms with E-state index in [2.05, 4.69) is 63.0 Å².